The lowest BCUT2D eigenvalue weighted by atomic mass is 10.1. The van der Waals surface area contributed by atoms with E-state index in [2.05, 4.69) is 0 Å². The van der Waals surface area contributed by atoms with Gasteiger partial charge < -0.3 is 14.9 Å². The monoisotopic (exact) mass is 262 g/mol. The van der Waals surface area contributed by atoms with E-state index in [-0.39, 0.29) is 31.0 Å². The van der Waals surface area contributed by atoms with Gasteiger partial charge in [-0.05, 0) is 5.56 Å². The maximum absolute atomic E-state index is 12.0. The fraction of sp³-hybridized carbons (Fsp3) is 0.429. The van der Waals surface area contributed by atoms with E-state index in [4.69, 9.17) is 0 Å². The molecule has 1 atom stereocenters. The van der Waals surface area contributed by atoms with E-state index in [1.807, 2.05) is 30.3 Å². The molecule has 0 spiro atoms. The molecule has 0 radical (unpaired) electrons. The van der Waals surface area contributed by atoms with Gasteiger partial charge in [0.15, 0.2) is 0 Å². The summed E-state index contributed by atoms with van der Waals surface area (Å²) in [5.41, 5.74) is 1.05. The number of carbonyl (C=O) groups is 2. The minimum atomic E-state index is -0.307. The average molecular weight is 262 g/mol. The smallest absolute Gasteiger partial charge is 0.242 e. The Bertz CT molecular complexity index is 461. The topological polar surface area (TPSA) is 60.9 Å². The van der Waals surface area contributed by atoms with Crippen molar-refractivity contribution in [1.82, 2.24) is 9.80 Å². The molecule has 1 aliphatic heterocycles. The van der Waals surface area contributed by atoms with Crippen molar-refractivity contribution in [2.45, 2.75) is 19.5 Å². The molecule has 1 aromatic rings. The Labute approximate surface area is 112 Å². The minimum Gasteiger partial charge on any atom is -0.394 e. The van der Waals surface area contributed by atoms with Gasteiger partial charge in [-0.3, -0.25) is 9.59 Å². The Morgan fingerprint density at radius 1 is 1.37 bits per heavy atom. The third-order valence-electron chi connectivity index (χ3n) is 3.36. The summed E-state index contributed by atoms with van der Waals surface area (Å²) < 4.78 is 0. The maximum Gasteiger partial charge on any atom is 0.242 e. The summed E-state index contributed by atoms with van der Waals surface area (Å²) in [5.74, 6) is -0.254. The molecule has 1 unspecified atom stereocenters. The van der Waals surface area contributed by atoms with Gasteiger partial charge in [0.25, 0.3) is 0 Å². The zero-order valence-electron chi connectivity index (χ0n) is 11.0. The Balaban J connectivity index is 2.07. The van der Waals surface area contributed by atoms with Crippen molar-refractivity contribution in [2.24, 2.45) is 0 Å². The van der Waals surface area contributed by atoms with Crippen LogP contribution in [0.25, 0.3) is 0 Å². The molecular weight excluding hydrogens is 244 g/mol. The molecule has 0 aliphatic carbocycles. The number of piperazine rings is 1. The highest BCUT2D eigenvalue weighted by Gasteiger charge is 2.32. The molecule has 1 fully saturated rings. The first kappa shape index (κ1) is 13.5. The largest absolute Gasteiger partial charge is 0.394 e. The molecule has 5 nitrogen and oxygen atoms in total. The predicted octanol–water partition coefficient (Wildman–Crippen LogP) is 0.238. The van der Waals surface area contributed by atoms with Crippen molar-refractivity contribution in [3.63, 3.8) is 0 Å². The summed E-state index contributed by atoms with van der Waals surface area (Å²) in [6, 6.07) is 9.38. The second-order valence-electron chi connectivity index (χ2n) is 4.74. The fourth-order valence-corrected chi connectivity index (χ4v) is 2.31. The van der Waals surface area contributed by atoms with E-state index in [1.165, 1.54) is 11.8 Å². The highest BCUT2D eigenvalue weighted by molar-refractivity contribution is 5.85. The summed E-state index contributed by atoms with van der Waals surface area (Å²) in [4.78, 5) is 26.6. The zero-order valence-corrected chi connectivity index (χ0v) is 11.0. The van der Waals surface area contributed by atoms with Crippen molar-refractivity contribution < 1.29 is 14.7 Å². The molecule has 2 amide bonds. The SMILES string of the molecule is CC(=O)N1CC(=O)N(Cc2ccccc2)CC1CO. The third kappa shape index (κ3) is 3.12. The molecule has 1 aromatic carbocycles. The van der Waals surface area contributed by atoms with Gasteiger partial charge in [-0.15, -0.1) is 0 Å². The fourth-order valence-electron chi connectivity index (χ4n) is 2.31. The van der Waals surface area contributed by atoms with Crippen LogP contribution in [0.2, 0.25) is 0 Å². The molecule has 1 saturated heterocycles. The minimum absolute atomic E-state index is 0.0490. The van der Waals surface area contributed by atoms with Crippen molar-refractivity contribution >= 4 is 11.8 Å². The van der Waals surface area contributed by atoms with Crippen LogP contribution in [-0.2, 0) is 16.1 Å². The van der Waals surface area contributed by atoms with Crippen LogP contribution in [0, 0.1) is 0 Å². The molecule has 1 N–H and O–H groups in total. The summed E-state index contributed by atoms with van der Waals surface area (Å²) in [6.07, 6.45) is 0. The number of hydrogen-bond acceptors (Lipinski definition) is 3. The van der Waals surface area contributed by atoms with Crippen molar-refractivity contribution in [1.29, 1.82) is 0 Å². The van der Waals surface area contributed by atoms with Gasteiger partial charge in [-0.1, -0.05) is 30.3 Å². The van der Waals surface area contributed by atoms with Gasteiger partial charge >= 0.3 is 0 Å². The van der Waals surface area contributed by atoms with Gasteiger partial charge in [0.2, 0.25) is 11.8 Å². The van der Waals surface area contributed by atoms with Gasteiger partial charge in [0.05, 0.1) is 12.6 Å². The van der Waals surface area contributed by atoms with Crippen LogP contribution < -0.4 is 0 Å². The number of hydrogen-bond donors (Lipinski definition) is 1. The van der Waals surface area contributed by atoms with Crippen LogP contribution in [0.1, 0.15) is 12.5 Å². The van der Waals surface area contributed by atoms with E-state index < -0.39 is 0 Å². The molecule has 2 rings (SSSR count). The van der Waals surface area contributed by atoms with Gasteiger partial charge in [0.1, 0.15) is 6.54 Å². The predicted molar refractivity (Wildman–Crippen MR) is 70.1 cm³/mol. The van der Waals surface area contributed by atoms with Crippen LogP contribution >= 0.6 is 0 Å². The van der Waals surface area contributed by atoms with Crippen molar-refractivity contribution in [3.05, 3.63) is 35.9 Å². The van der Waals surface area contributed by atoms with E-state index in [0.29, 0.717) is 13.1 Å². The summed E-state index contributed by atoms with van der Waals surface area (Å²) in [6.45, 7) is 2.24. The number of carbonyl (C=O) groups excluding carboxylic acids is 2. The zero-order chi connectivity index (χ0) is 13.8. The quantitative estimate of drug-likeness (QED) is 0.848. The molecule has 19 heavy (non-hydrogen) atoms. The highest BCUT2D eigenvalue weighted by Crippen LogP contribution is 2.14. The van der Waals surface area contributed by atoms with Crippen LogP contribution in [0.4, 0.5) is 0 Å². The van der Waals surface area contributed by atoms with Crippen LogP contribution in [0.3, 0.4) is 0 Å². The molecule has 0 bridgehead atoms. The number of benzene rings is 1. The first-order valence-corrected chi connectivity index (χ1v) is 6.31. The summed E-state index contributed by atoms with van der Waals surface area (Å²) in [7, 11) is 0. The number of nitrogens with zero attached hydrogens (tertiary/aromatic N) is 2. The normalized spacial score (nSPS) is 19.7. The van der Waals surface area contributed by atoms with Crippen molar-refractivity contribution in [3.8, 4) is 0 Å². The Hall–Kier alpha value is -1.88. The van der Waals surface area contributed by atoms with E-state index in [1.54, 1.807) is 4.90 Å². The Morgan fingerprint density at radius 2 is 2.05 bits per heavy atom. The highest BCUT2D eigenvalue weighted by atomic mass is 16.3. The van der Waals surface area contributed by atoms with Gasteiger partial charge in [-0.25, -0.2) is 0 Å². The number of aliphatic hydroxyl groups is 1. The lowest BCUT2D eigenvalue weighted by molar-refractivity contribution is -0.149. The van der Waals surface area contributed by atoms with E-state index in [0.717, 1.165) is 5.56 Å². The number of aliphatic hydroxyl groups excluding tert-OH is 1. The lowest BCUT2D eigenvalue weighted by Gasteiger charge is -2.39. The van der Waals surface area contributed by atoms with Gasteiger partial charge in [-0.2, -0.15) is 0 Å². The summed E-state index contributed by atoms with van der Waals surface area (Å²) >= 11 is 0. The molecule has 0 saturated carbocycles. The summed E-state index contributed by atoms with van der Waals surface area (Å²) in [5, 5.41) is 9.35. The first-order chi connectivity index (χ1) is 9.11. The van der Waals surface area contributed by atoms with Crippen LogP contribution in [-0.4, -0.2) is 52.5 Å². The molecule has 1 aliphatic rings. The van der Waals surface area contributed by atoms with Crippen LogP contribution in [0.5, 0.6) is 0 Å². The van der Waals surface area contributed by atoms with Crippen LogP contribution in [0.15, 0.2) is 30.3 Å². The molecule has 0 aromatic heterocycles. The lowest BCUT2D eigenvalue weighted by Crippen LogP contribution is -2.58. The molecule has 5 heteroatoms. The standard InChI is InChI=1S/C14H18N2O3/c1-11(18)16-9-14(19)15(8-13(16)10-17)7-12-5-3-2-4-6-12/h2-6,13,17H,7-10H2,1H3. The Kier molecular flexibility index (Phi) is 4.16. The Morgan fingerprint density at radius 3 is 2.63 bits per heavy atom. The average Bonchev–Trinajstić information content (AvgIpc) is 2.41. The van der Waals surface area contributed by atoms with Gasteiger partial charge in [0, 0.05) is 20.0 Å². The number of rotatable bonds is 3. The second kappa shape index (κ2) is 5.84. The number of amides is 2. The maximum atomic E-state index is 12.0. The van der Waals surface area contributed by atoms with Crippen molar-refractivity contribution in [2.75, 3.05) is 19.7 Å². The van der Waals surface area contributed by atoms with E-state index in [9.17, 15) is 14.7 Å². The molecule has 1 heterocycles. The molecule has 102 valence electrons. The third-order valence-corrected chi connectivity index (χ3v) is 3.36. The second-order valence-corrected chi connectivity index (χ2v) is 4.74. The first-order valence-electron chi connectivity index (χ1n) is 6.31. The molecular formula is C14H18N2O3. The van der Waals surface area contributed by atoms with E-state index >= 15 is 0 Å².